The highest BCUT2D eigenvalue weighted by molar-refractivity contribution is 5.94. The lowest BCUT2D eigenvalue weighted by atomic mass is 9.94. The second kappa shape index (κ2) is 8.44. The van der Waals surface area contributed by atoms with Crippen molar-refractivity contribution in [2.24, 2.45) is 0 Å². The number of amides is 1. The molecule has 7 heteroatoms. The third kappa shape index (κ3) is 4.70. The van der Waals surface area contributed by atoms with Crippen LogP contribution in [-0.4, -0.2) is 28.6 Å². The number of carbonyl (C=O) groups excluding carboxylic acids is 1. The zero-order valence-electron chi connectivity index (χ0n) is 15.6. The first-order valence-corrected chi connectivity index (χ1v) is 8.73. The summed E-state index contributed by atoms with van der Waals surface area (Å²) in [5.74, 6) is -0.318. The van der Waals surface area contributed by atoms with Crippen LogP contribution in [-0.2, 0) is 18.6 Å². The van der Waals surface area contributed by atoms with Crippen molar-refractivity contribution in [2.45, 2.75) is 38.6 Å². The minimum absolute atomic E-state index is 0.240. The molecule has 2 aromatic rings. The molecule has 0 aliphatic rings. The quantitative estimate of drug-likeness (QED) is 0.805. The van der Waals surface area contributed by atoms with Gasteiger partial charge in [0.15, 0.2) is 5.60 Å². The van der Waals surface area contributed by atoms with Crippen LogP contribution in [0.25, 0.3) is 0 Å². The fourth-order valence-corrected chi connectivity index (χ4v) is 2.68. The maximum atomic E-state index is 12.9. The fraction of sp³-hybridized carbons (Fsp3) is 0.333. The molecule has 0 aliphatic carbocycles. The number of alkyl halides is 3. The van der Waals surface area contributed by atoms with Gasteiger partial charge in [0.05, 0.1) is 12.5 Å². The van der Waals surface area contributed by atoms with Crippen LogP contribution in [0.1, 0.15) is 40.9 Å². The van der Waals surface area contributed by atoms with Crippen molar-refractivity contribution in [2.75, 3.05) is 6.54 Å². The number of halogens is 3. The van der Waals surface area contributed by atoms with Gasteiger partial charge < -0.3 is 10.0 Å². The number of hydrogen-bond donors (Lipinski definition) is 1. The zero-order chi connectivity index (χ0) is 20.9. The molecule has 148 valence electrons. The lowest BCUT2D eigenvalue weighted by Gasteiger charge is -2.27. The van der Waals surface area contributed by atoms with E-state index in [9.17, 15) is 23.1 Å². The molecule has 1 atom stereocenters. The summed E-state index contributed by atoms with van der Waals surface area (Å²) in [6.45, 7) is 3.24. The topological polar surface area (TPSA) is 64.3 Å². The van der Waals surface area contributed by atoms with E-state index >= 15 is 0 Å². The number of nitrogens with zero attached hydrogens (tertiary/aromatic N) is 2. The van der Waals surface area contributed by atoms with E-state index in [1.807, 2.05) is 31.2 Å². The van der Waals surface area contributed by atoms with Crippen LogP contribution in [0.15, 0.2) is 48.5 Å². The molecule has 0 radical (unpaired) electrons. The van der Waals surface area contributed by atoms with Crippen LogP contribution in [0, 0.1) is 11.3 Å². The smallest absolute Gasteiger partial charge is 0.376 e. The SMILES string of the molecule is CCN(Cc1ccc(CC#N)cc1)C(=O)c1ccc(C(C)(O)C(F)(F)F)cc1. The molecule has 2 rings (SSSR count). The van der Waals surface area contributed by atoms with Crippen LogP contribution >= 0.6 is 0 Å². The van der Waals surface area contributed by atoms with Gasteiger partial charge in [0.1, 0.15) is 0 Å². The molecule has 0 spiro atoms. The van der Waals surface area contributed by atoms with E-state index in [-0.39, 0.29) is 17.0 Å². The average molecular weight is 390 g/mol. The summed E-state index contributed by atoms with van der Waals surface area (Å²) < 4.78 is 38.8. The van der Waals surface area contributed by atoms with Gasteiger partial charge in [-0.3, -0.25) is 4.79 Å². The van der Waals surface area contributed by atoms with Crippen LogP contribution < -0.4 is 0 Å². The second-order valence-electron chi connectivity index (χ2n) is 6.62. The van der Waals surface area contributed by atoms with Gasteiger partial charge in [-0.1, -0.05) is 36.4 Å². The molecule has 1 unspecified atom stereocenters. The molecule has 0 aliphatic heterocycles. The Labute approximate surface area is 161 Å². The number of carbonyl (C=O) groups is 1. The van der Waals surface area contributed by atoms with E-state index in [4.69, 9.17) is 5.26 Å². The molecule has 0 saturated heterocycles. The van der Waals surface area contributed by atoms with Crippen LogP contribution in [0.4, 0.5) is 13.2 Å². The normalized spacial score (nSPS) is 13.5. The van der Waals surface area contributed by atoms with Crippen LogP contribution in [0.5, 0.6) is 0 Å². The third-order valence-electron chi connectivity index (χ3n) is 4.59. The van der Waals surface area contributed by atoms with Gasteiger partial charge in [-0.05, 0) is 42.7 Å². The Morgan fingerprint density at radius 2 is 1.61 bits per heavy atom. The summed E-state index contributed by atoms with van der Waals surface area (Å²) in [7, 11) is 0. The predicted molar refractivity (Wildman–Crippen MR) is 98.2 cm³/mol. The zero-order valence-corrected chi connectivity index (χ0v) is 15.6. The van der Waals surface area contributed by atoms with E-state index in [0.717, 1.165) is 23.3 Å². The first-order valence-electron chi connectivity index (χ1n) is 8.73. The third-order valence-corrected chi connectivity index (χ3v) is 4.59. The van der Waals surface area contributed by atoms with Crippen molar-refractivity contribution in [1.82, 2.24) is 4.90 Å². The summed E-state index contributed by atoms with van der Waals surface area (Å²) >= 11 is 0. The molecule has 0 fully saturated rings. The summed E-state index contributed by atoms with van der Waals surface area (Å²) in [4.78, 5) is 14.3. The van der Waals surface area contributed by atoms with E-state index in [1.54, 1.807) is 4.90 Å². The van der Waals surface area contributed by atoms with Crippen molar-refractivity contribution >= 4 is 5.91 Å². The van der Waals surface area contributed by atoms with Crippen molar-refractivity contribution in [3.8, 4) is 6.07 Å². The van der Waals surface area contributed by atoms with E-state index in [1.165, 1.54) is 12.1 Å². The van der Waals surface area contributed by atoms with Gasteiger partial charge in [-0.2, -0.15) is 18.4 Å². The standard InChI is InChI=1S/C21H21F3N2O2/c1-3-26(14-16-6-4-15(5-7-16)12-13-25)19(27)17-8-10-18(11-9-17)20(2,28)21(22,23)24/h4-11,28H,3,12,14H2,1-2H3. The number of nitriles is 1. The molecule has 2 aromatic carbocycles. The van der Waals surface area contributed by atoms with Crippen molar-refractivity contribution in [3.63, 3.8) is 0 Å². The Hall–Kier alpha value is -2.85. The summed E-state index contributed by atoms with van der Waals surface area (Å²) in [5, 5.41) is 18.4. The van der Waals surface area contributed by atoms with Crippen molar-refractivity contribution in [1.29, 1.82) is 5.26 Å². The van der Waals surface area contributed by atoms with Crippen molar-refractivity contribution in [3.05, 3.63) is 70.8 Å². The first-order chi connectivity index (χ1) is 13.1. The summed E-state index contributed by atoms with van der Waals surface area (Å²) in [6, 6.07) is 14.2. The summed E-state index contributed by atoms with van der Waals surface area (Å²) in [5.41, 5.74) is -1.30. The van der Waals surface area contributed by atoms with Gasteiger partial charge in [0.2, 0.25) is 0 Å². The molecule has 0 bridgehead atoms. The average Bonchev–Trinajstić information content (AvgIpc) is 2.66. The molecule has 0 heterocycles. The Bertz CT molecular complexity index is 851. The maximum absolute atomic E-state index is 12.9. The number of rotatable bonds is 6. The predicted octanol–water partition coefficient (Wildman–Crippen LogP) is 4.18. The second-order valence-corrected chi connectivity index (χ2v) is 6.62. The molecule has 1 N–H and O–H groups in total. The lowest BCUT2D eigenvalue weighted by Crippen LogP contribution is -2.39. The van der Waals surface area contributed by atoms with Gasteiger partial charge >= 0.3 is 6.18 Å². The number of aliphatic hydroxyl groups is 1. The lowest BCUT2D eigenvalue weighted by molar-refractivity contribution is -0.258. The minimum atomic E-state index is -4.81. The van der Waals surface area contributed by atoms with Crippen LogP contribution in [0.2, 0.25) is 0 Å². The van der Waals surface area contributed by atoms with Crippen molar-refractivity contribution < 1.29 is 23.1 Å². The molecular weight excluding hydrogens is 369 g/mol. The highest BCUT2D eigenvalue weighted by atomic mass is 19.4. The summed E-state index contributed by atoms with van der Waals surface area (Å²) in [6.07, 6.45) is -4.50. The van der Waals surface area contributed by atoms with Gasteiger partial charge in [-0.25, -0.2) is 0 Å². The highest BCUT2D eigenvalue weighted by Crippen LogP contribution is 2.38. The monoisotopic (exact) mass is 390 g/mol. The minimum Gasteiger partial charge on any atom is -0.376 e. The fourth-order valence-electron chi connectivity index (χ4n) is 2.68. The Balaban J connectivity index is 2.15. The molecule has 0 saturated carbocycles. The van der Waals surface area contributed by atoms with Gasteiger partial charge in [0.25, 0.3) is 5.91 Å². The van der Waals surface area contributed by atoms with Gasteiger partial charge in [0, 0.05) is 18.7 Å². The first kappa shape index (κ1) is 21.5. The molecule has 28 heavy (non-hydrogen) atoms. The molecule has 4 nitrogen and oxygen atoms in total. The number of benzene rings is 2. The molecular formula is C21H21F3N2O2. The Kier molecular flexibility index (Phi) is 6.47. The highest BCUT2D eigenvalue weighted by Gasteiger charge is 2.51. The number of hydrogen-bond acceptors (Lipinski definition) is 3. The molecule has 1 amide bonds. The van der Waals surface area contributed by atoms with E-state index in [0.29, 0.717) is 26.4 Å². The Morgan fingerprint density at radius 1 is 1.07 bits per heavy atom. The maximum Gasteiger partial charge on any atom is 0.421 e. The molecule has 0 aromatic heterocycles. The van der Waals surface area contributed by atoms with Gasteiger partial charge in [-0.15, -0.1) is 0 Å². The Morgan fingerprint density at radius 3 is 2.07 bits per heavy atom. The van der Waals surface area contributed by atoms with E-state index in [2.05, 4.69) is 6.07 Å². The van der Waals surface area contributed by atoms with E-state index < -0.39 is 11.8 Å². The van der Waals surface area contributed by atoms with Crippen LogP contribution in [0.3, 0.4) is 0 Å². The largest absolute Gasteiger partial charge is 0.421 e.